The lowest BCUT2D eigenvalue weighted by Gasteiger charge is -2.49. The largest absolute Gasteiger partial charge is 0.492 e. The predicted molar refractivity (Wildman–Crippen MR) is 103 cm³/mol. The van der Waals surface area contributed by atoms with E-state index in [2.05, 4.69) is 9.80 Å². The molecular formula is C22H32N2O2. The summed E-state index contributed by atoms with van der Waals surface area (Å²) in [5.74, 6) is 1.38. The Kier molecular flexibility index (Phi) is 5.49. The van der Waals surface area contributed by atoms with Gasteiger partial charge < -0.3 is 9.64 Å². The molecule has 3 aliphatic rings. The summed E-state index contributed by atoms with van der Waals surface area (Å²) in [5, 5.41) is 0. The molecule has 2 aliphatic heterocycles. The van der Waals surface area contributed by atoms with Crippen molar-refractivity contribution in [2.75, 3.05) is 32.8 Å². The van der Waals surface area contributed by atoms with Gasteiger partial charge in [0, 0.05) is 25.6 Å². The molecule has 1 aromatic carbocycles. The number of carbonyl (C=O) groups excluding carboxylic acids is 1. The third kappa shape index (κ3) is 4.06. The van der Waals surface area contributed by atoms with E-state index in [1.165, 1.54) is 38.5 Å². The number of piperidine rings is 2. The van der Waals surface area contributed by atoms with E-state index in [0.717, 1.165) is 51.4 Å². The van der Waals surface area contributed by atoms with Crippen molar-refractivity contribution in [3.63, 3.8) is 0 Å². The molecule has 0 radical (unpaired) electrons. The molecule has 2 heterocycles. The van der Waals surface area contributed by atoms with Crippen LogP contribution in [-0.2, 0) is 4.79 Å². The van der Waals surface area contributed by atoms with Crippen LogP contribution < -0.4 is 4.74 Å². The van der Waals surface area contributed by atoms with Crippen LogP contribution in [-0.4, -0.2) is 54.5 Å². The summed E-state index contributed by atoms with van der Waals surface area (Å²) < 4.78 is 5.85. The number of para-hydroxylation sites is 1. The number of hydrogen-bond acceptors (Lipinski definition) is 3. The summed E-state index contributed by atoms with van der Waals surface area (Å²) in [4.78, 5) is 17.2. The first-order valence-electron chi connectivity index (χ1n) is 10.4. The van der Waals surface area contributed by atoms with Gasteiger partial charge in [0.05, 0.1) is 0 Å². The van der Waals surface area contributed by atoms with Crippen LogP contribution in [0.2, 0.25) is 0 Å². The number of amides is 1. The summed E-state index contributed by atoms with van der Waals surface area (Å²) in [6.45, 7) is 5.06. The van der Waals surface area contributed by atoms with Crippen molar-refractivity contribution in [2.45, 2.75) is 57.4 Å². The second-order valence-corrected chi connectivity index (χ2v) is 8.46. The number of benzene rings is 1. The minimum atomic E-state index is 0.382. The Hall–Kier alpha value is -1.55. The molecule has 4 heteroatoms. The SMILES string of the molecule is O=C1CCC2(CCN(CCOc3ccccc3)CC2)CN1C1CCCC1. The number of nitrogens with zero attached hydrogens (tertiary/aromatic N) is 2. The van der Waals surface area contributed by atoms with Crippen LogP contribution in [0.3, 0.4) is 0 Å². The minimum absolute atomic E-state index is 0.382. The Morgan fingerprint density at radius 3 is 2.50 bits per heavy atom. The van der Waals surface area contributed by atoms with Gasteiger partial charge in [-0.2, -0.15) is 0 Å². The smallest absolute Gasteiger partial charge is 0.222 e. The average molecular weight is 357 g/mol. The van der Waals surface area contributed by atoms with Gasteiger partial charge in [-0.05, 0) is 62.7 Å². The molecule has 0 unspecified atom stereocenters. The molecule has 1 amide bonds. The van der Waals surface area contributed by atoms with Gasteiger partial charge in [-0.25, -0.2) is 0 Å². The highest BCUT2D eigenvalue weighted by atomic mass is 16.5. The first-order valence-corrected chi connectivity index (χ1v) is 10.4. The van der Waals surface area contributed by atoms with Crippen LogP contribution in [0.1, 0.15) is 51.4 Å². The molecule has 3 fully saturated rings. The van der Waals surface area contributed by atoms with E-state index in [1.54, 1.807) is 0 Å². The molecule has 1 spiro atoms. The molecule has 1 aromatic rings. The summed E-state index contributed by atoms with van der Waals surface area (Å²) in [6.07, 6.45) is 9.39. The highest BCUT2D eigenvalue weighted by Gasteiger charge is 2.43. The molecule has 142 valence electrons. The van der Waals surface area contributed by atoms with Gasteiger partial charge in [-0.15, -0.1) is 0 Å². The zero-order chi connectivity index (χ0) is 17.8. The van der Waals surface area contributed by atoms with Crippen LogP contribution in [0.15, 0.2) is 30.3 Å². The van der Waals surface area contributed by atoms with Crippen LogP contribution in [0.4, 0.5) is 0 Å². The van der Waals surface area contributed by atoms with Crippen molar-refractivity contribution in [2.24, 2.45) is 5.41 Å². The topological polar surface area (TPSA) is 32.8 Å². The summed E-state index contributed by atoms with van der Waals surface area (Å²) in [6, 6.07) is 10.6. The zero-order valence-corrected chi connectivity index (χ0v) is 15.9. The Morgan fingerprint density at radius 2 is 1.77 bits per heavy atom. The second-order valence-electron chi connectivity index (χ2n) is 8.46. The van der Waals surface area contributed by atoms with Crippen LogP contribution in [0, 0.1) is 5.41 Å². The molecule has 0 aromatic heterocycles. The van der Waals surface area contributed by atoms with Gasteiger partial charge in [-0.1, -0.05) is 31.0 Å². The maximum Gasteiger partial charge on any atom is 0.222 e. The van der Waals surface area contributed by atoms with Crippen molar-refractivity contribution < 1.29 is 9.53 Å². The quantitative estimate of drug-likeness (QED) is 0.806. The maximum absolute atomic E-state index is 12.4. The van der Waals surface area contributed by atoms with Gasteiger partial charge in [0.2, 0.25) is 5.91 Å². The van der Waals surface area contributed by atoms with E-state index in [9.17, 15) is 4.79 Å². The predicted octanol–water partition coefficient (Wildman–Crippen LogP) is 3.71. The van der Waals surface area contributed by atoms with E-state index < -0.39 is 0 Å². The van der Waals surface area contributed by atoms with Crippen molar-refractivity contribution in [3.8, 4) is 5.75 Å². The van der Waals surface area contributed by atoms with Crippen molar-refractivity contribution >= 4 is 5.91 Å². The fraction of sp³-hybridized carbons (Fsp3) is 0.682. The third-order valence-electron chi connectivity index (χ3n) is 6.80. The molecule has 0 N–H and O–H groups in total. The molecule has 1 saturated carbocycles. The normalized spacial score (nSPS) is 24.3. The number of rotatable bonds is 5. The lowest BCUT2D eigenvalue weighted by Crippen LogP contribution is -2.54. The lowest BCUT2D eigenvalue weighted by atomic mass is 9.72. The number of ether oxygens (including phenoxy) is 1. The second kappa shape index (κ2) is 7.99. The van der Waals surface area contributed by atoms with Gasteiger partial charge in [0.25, 0.3) is 0 Å². The standard InChI is InChI=1S/C22H32N2O2/c25-21-10-11-22(18-24(21)19-6-4-5-7-19)12-14-23(15-13-22)16-17-26-20-8-2-1-3-9-20/h1-3,8-9,19H,4-7,10-18H2. The zero-order valence-electron chi connectivity index (χ0n) is 15.9. The summed E-state index contributed by atoms with van der Waals surface area (Å²) in [5.41, 5.74) is 0.382. The average Bonchev–Trinajstić information content (AvgIpc) is 3.21. The molecule has 26 heavy (non-hydrogen) atoms. The number of carbonyl (C=O) groups is 1. The Labute approximate surface area is 157 Å². The van der Waals surface area contributed by atoms with Crippen molar-refractivity contribution in [1.82, 2.24) is 9.80 Å². The fourth-order valence-corrected chi connectivity index (χ4v) is 5.06. The highest BCUT2D eigenvalue weighted by Crippen LogP contribution is 2.42. The molecule has 1 aliphatic carbocycles. The maximum atomic E-state index is 12.4. The highest BCUT2D eigenvalue weighted by molar-refractivity contribution is 5.77. The number of hydrogen-bond donors (Lipinski definition) is 0. The van der Waals surface area contributed by atoms with Crippen molar-refractivity contribution in [1.29, 1.82) is 0 Å². The lowest BCUT2D eigenvalue weighted by molar-refractivity contribution is -0.142. The van der Waals surface area contributed by atoms with E-state index in [-0.39, 0.29) is 0 Å². The van der Waals surface area contributed by atoms with Crippen LogP contribution in [0.5, 0.6) is 5.75 Å². The van der Waals surface area contributed by atoms with Gasteiger partial charge >= 0.3 is 0 Å². The van der Waals surface area contributed by atoms with E-state index in [4.69, 9.17) is 4.74 Å². The Morgan fingerprint density at radius 1 is 1.04 bits per heavy atom. The minimum Gasteiger partial charge on any atom is -0.492 e. The molecular weight excluding hydrogens is 324 g/mol. The molecule has 0 bridgehead atoms. The summed E-state index contributed by atoms with van der Waals surface area (Å²) >= 11 is 0. The van der Waals surface area contributed by atoms with Crippen LogP contribution >= 0.6 is 0 Å². The summed E-state index contributed by atoms with van der Waals surface area (Å²) in [7, 11) is 0. The Bertz CT molecular complexity index is 589. The van der Waals surface area contributed by atoms with Crippen molar-refractivity contribution in [3.05, 3.63) is 30.3 Å². The van der Waals surface area contributed by atoms with Gasteiger partial charge in [-0.3, -0.25) is 9.69 Å². The monoisotopic (exact) mass is 356 g/mol. The molecule has 0 atom stereocenters. The third-order valence-corrected chi connectivity index (χ3v) is 6.80. The molecule has 4 nitrogen and oxygen atoms in total. The molecule has 4 rings (SSSR count). The van der Waals surface area contributed by atoms with Crippen LogP contribution in [0.25, 0.3) is 0 Å². The Balaban J connectivity index is 1.25. The first kappa shape index (κ1) is 17.8. The first-order chi connectivity index (χ1) is 12.7. The van der Waals surface area contributed by atoms with E-state index >= 15 is 0 Å². The number of likely N-dealkylation sites (tertiary alicyclic amines) is 2. The van der Waals surface area contributed by atoms with Gasteiger partial charge in [0.1, 0.15) is 12.4 Å². The van der Waals surface area contributed by atoms with Gasteiger partial charge in [0.15, 0.2) is 0 Å². The molecule has 2 saturated heterocycles. The van der Waals surface area contributed by atoms with E-state index in [0.29, 0.717) is 17.4 Å². The van der Waals surface area contributed by atoms with E-state index in [1.807, 2.05) is 30.3 Å². The fourth-order valence-electron chi connectivity index (χ4n) is 5.06.